The number of rotatable bonds is 3. The molecule has 2 rings (SSSR count). The molecular weight excluding hydrogens is 215 g/mol. The maximum atomic E-state index is 13.2. The Morgan fingerprint density at radius 2 is 2.27 bits per heavy atom. The van der Waals surface area contributed by atoms with Gasteiger partial charge in [-0.05, 0) is 30.5 Å². The Hall–Kier alpha value is -1.11. The van der Waals surface area contributed by atoms with Gasteiger partial charge in [0.15, 0.2) is 0 Å². The predicted molar refractivity (Wildman–Crippen MR) is 55.9 cm³/mol. The molecule has 0 spiro atoms. The zero-order valence-corrected chi connectivity index (χ0v) is 8.76. The SMILES string of the molecule is N#CC(NC1CC1)c1ccc(Cl)c(F)c1. The molecule has 1 atom stereocenters. The number of nitrogens with zero attached hydrogens (tertiary/aromatic N) is 1. The first kappa shape index (κ1) is 10.4. The molecule has 1 unspecified atom stereocenters. The fraction of sp³-hybridized carbons (Fsp3) is 0.364. The van der Waals surface area contributed by atoms with Crippen molar-refractivity contribution in [3.05, 3.63) is 34.6 Å². The highest BCUT2D eigenvalue weighted by Gasteiger charge is 2.25. The minimum atomic E-state index is -0.480. The zero-order chi connectivity index (χ0) is 10.8. The van der Waals surface area contributed by atoms with Gasteiger partial charge in [0.05, 0.1) is 11.1 Å². The molecular formula is C11H10ClFN2. The summed E-state index contributed by atoms with van der Waals surface area (Å²) in [6, 6.07) is 6.55. The van der Waals surface area contributed by atoms with Crippen LogP contribution in [0.15, 0.2) is 18.2 Å². The van der Waals surface area contributed by atoms with Gasteiger partial charge >= 0.3 is 0 Å². The number of hydrogen-bond donors (Lipinski definition) is 1. The molecule has 0 radical (unpaired) electrons. The second-order valence-electron chi connectivity index (χ2n) is 3.68. The number of nitriles is 1. The standard InChI is InChI=1S/C11H10ClFN2/c12-9-4-1-7(5-10(9)13)11(6-14)15-8-2-3-8/h1,4-5,8,11,15H,2-3H2. The molecule has 1 saturated carbocycles. The van der Waals surface area contributed by atoms with E-state index in [1.54, 1.807) is 6.07 Å². The third-order valence-corrected chi connectivity index (χ3v) is 2.69. The van der Waals surface area contributed by atoms with Crippen molar-refractivity contribution in [2.45, 2.75) is 24.9 Å². The fourth-order valence-corrected chi connectivity index (χ4v) is 1.50. The first-order valence-electron chi connectivity index (χ1n) is 4.81. The molecule has 4 heteroatoms. The van der Waals surface area contributed by atoms with Gasteiger partial charge in [-0.15, -0.1) is 0 Å². The fourth-order valence-electron chi connectivity index (χ4n) is 1.39. The molecule has 1 aromatic carbocycles. The van der Waals surface area contributed by atoms with Crippen LogP contribution in [0.2, 0.25) is 5.02 Å². The highest BCUT2D eigenvalue weighted by atomic mass is 35.5. The van der Waals surface area contributed by atoms with Gasteiger partial charge in [0.2, 0.25) is 0 Å². The van der Waals surface area contributed by atoms with Crippen molar-refractivity contribution in [2.24, 2.45) is 0 Å². The van der Waals surface area contributed by atoms with E-state index in [1.807, 2.05) is 0 Å². The lowest BCUT2D eigenvalue weighted by atomic mass is 10.1. The Morgan fingerprint density at radius 3 is 2.80 bits per heavy atom. The van der Waals surface area contributed by atoms with Crippen molar-refractivity contribution in [3.63, 3.8) is 0 Å². The maximum Gasteiger partial charge on any atom is 0.142 e. The second kappa shape index (κ2) is 4.18. The van der Waals surface area contributed by atoms with Crippen molar-refractivity contribution >= 4 is 11.6 Å². The lowest BCUT2D eigenvalue weighted by Gasteiger charge is -2.11. The normalized spacial score (nSPS) is 17.1. The van der Waals surface area contributed by atoms with Gasteiger partial charge in [0.1, 0.15) is 11.9 Å². The van der Waals surface area contributed by atoms with Crippen LogP contribution >= 0.6 is 11.6 Å². The van der Waals surface area contributed by atoms with Gasteiger partial charge < -0.3 is 0 Å². The summed E-state index contributed by atoms with van der Waals surface area (Å²) in [5.41, 5.74) is 0.631. The molecule has 0 aromatic heterocycles. The molecule has 1 aliphatic rings. The van der Waals surface area contributed by atoms with Crippen molar-refractivity contribution in [1.29, 1.82) is 5.26 Å². The highest BCUT2D eigenvalue weighted by Crippen LogP contribution is 2.25. The lowest BCUT2D eigenvalue weighted by Crippen LogP contribution is -2.22. The number of hydrogen-bond acceptors (Lipinski definition) is 2. The topological polar surface area (TPSA) is 35.8 Å². The molecule has 1 aromatic rings. The maximum absolute atomic E-state index is 13.2. The summed E-state index contributed by atoms with van der Waals surface area (Å²) in [7, 11) is 0. The summed E-state index contributed by atoms with van der Waals surface area (Å²) in [4.78, 5) is 0. The van der Waals surface area contributed by atoms with Crippen LogP contribution in [0.3, 0.4) is 0 Å². The zero-order valence-electron chi connectivity index (χ0n) is 8.00. The van der Waals surface area contributed by atoms with Gasteiger partial charge in [-0.1, -0.05) is 17.7 Å². The van der Waals surface area contributed by atoms with Crippen molar-refractivity contribution < 1.29 is 4.39 Å². The van der Waals surface area contributed by atoms with Crippen LogP contribution < -0.4 is 5.32 Å². The summed E-state index contributed by atoms with van der Waals surface area (Å²) in [5.74, 6) is -0.480. The highest BCUT2D eigenvalue weighted by molar-refractivity contribution is 6.30. The van der Waals surface area contributed by atoms with E-state index in [-0.39, 0.29) is 5.02 Å². The Morgan fingerprint density at radius 1 is 1.53 bits per heavy atom. The molecule has 1 fully saturated rings. The molecule has 15 heavy (non-hydrogen) atoms. The summed E-state index contributed by atoms with van der Waals surface area (Å²) in [6.07, 6.45) is 2.18. The minimum absolute atomic E-state index is 0.0851. The van der Waals surface area contributed by atoms with Crippen LogP contribution in [0.4, 0.5) is 4.39 Å². The van der Waals surface area contributed by atoms with Crippen LogP contribution in [0.5, 0.6) is 0 Å². The van der Waals surface area contributed by atoms with Gasteiger partial charge in [0, 0.05) is 6.04 Å². The van der Waals surface area contributed by atoms with Gasteiger partial charge in [0.25, 0.3) is 0 Å². The van der Waals surface area contributed by atoms with Crippen LogP contribution in [0.25, 0.3) is 0 Å². The van der Waals surface area contributed by atoms with E-state index in [0.29, 0.717) is 11.6 Å². The van der Waals surface area contributed by atoms with Crippen molar-refractivity contribution in [1.82, 2.24) is 5.32 Å². The van der Waals surface area contributed by atoms with E-state index in [2.05, 4.69) is 11.4 Å². The van der Waals surface area contributed by atoms with Gasteiger partial charge in [-0.2, -0.15) is 5.26 Å². The van der Waals surface area contributed by atoms with Crippen LogP contribution in [0, 0.1) is 17.1 Å². The third-order valence-electron chi connectivity index (χ3n) is 2.39. The molecule has 2 nitrogen and oxygen atoms in total. The van der Waals surface area contributed by atoms with E-state index in [0.717, 1.165) is 12.8 Å². The largest absolute Gasteiger partial charge is 0.295 e. The summed E-state index contributed by atoms with van der Waals surface area (Å²) >= 11 is 5.57. The Balaban J connectivity index is 2.18. The molecule has 0 amide bonds. The van der Waals surface area contributed by atoms with Crippen molar-refractivity contribution in [3.8, 4) is 6.07 Å². The first-order chi connectivity index (χ1) is 7.20. The Labute approximate surface area is 92.7 Å². The van der Waals surface area contributed by atoms with E-state index >= 15 is 0 Å². The Kier molecular flexibility index (Phi) is 2.90. The van der Waals surface area contributed by atoms with E-state index in [9.17, 15) is 4.39 Å². The summed E-state index contributed by atoms with van der Waals surface area (Å²) in [6.45, 7) is 0. The lowest BCUT2D eigenvalue weighted by molar-refractivity contribution is 0.602. The average molecular weight is 225 g/mol. The molecule has 1 N–H and O–H groups in total. The van der Waals surface area contributed by atoms with Crippen LogP contribution in [0.1, 0.15) is 24.4 Å². The minimum Gasteiger partial charge on any atom is -0.295 e. The number of benzene rings is 1. The first-order valence-corrected chi connectivity index (χ1v) is 5.19. The van der Waals surface area contributed by atoms with Crippen LogP contribution in [-0.4, -0.2) is 6.04 Å². The predicted octanol–water partition coefficient (Wildman–Crippen LogP) is 2.80. The molecule has 1 aliphatic carbocycles. The molecule has 78 valence electrons. The molecule has 0 saturated heterocycles. The quantitative estimate of drug-likeness (QED) is 0.857. The Bertz CT molecular complexity index is 410. The van der Waals surface area contributed by atoms with E-state index in [4.69, 9.17) is 16.9 Å². The summed E-state index contributed by atoms with van der Waals surface area (Å²) in [5, 5.41) is 12.2. The number of nitrogens with one attached hydrogen (secondary N) is 1. The van der Waals surface area contributed by atoms with Gasteiger partial charge in [-0.3, -0.25) is 5.32 Å². The van der Waals surface area contributed by atoms with E-state index < -0.39 is 11.9 Å². The van der Waals surface area contributed by atoms with E-state index in [1.165, 1.54) is 12.1 Å². The van der Waals surface area contributed by atoms with Crippen LogP contribution in [-0.2, 0) is 0 Å². The molecule has 0 heterocycles. The molecule has 0 bridgehead atoms. The third kappa shape index (κ3) is 2.47. The van der Waals surface area contributed by atoms with Gasteiger partial charge in [-0.25, -0.2) is 4.39 Å². The molecule has 0 aliphatic heterocycles. The smallest absolute Gasteiger partial charge is 0.142 e. The number of halogens is 2. The summed E-state index contributed by atoms with van der Waals surface area (Å²) < 4.78 is 13.2. The second-order valence-corrected chi connectivity index (χ2v) is 4.08. The average Bonchev–Trinajstić information content (AvgIpc) is 3.02. The monoisotopic (exact) mass is 224 g/mol. The van der Waals surface area contributed by atoms with Crippen molar-refractivity contribution in [2.75, 3.05) is 0 Å².